The van der Waals surface area contributed by atoms with Gasteiger partial charge in [-0.25, -0.2) is 13.2 Å². The average molecular weight is 252 g/mol. The lowest BCUT2D eigenvalue weighted by Crippen LogP contribution is -1.99. The Kier molecular flexibility index (Phi) is 3.55. The van der Waals surface area contributed by atoms with Gasteiger partial charge in [0.1, 0.15) is 12.4 Å². The topological polar surface area (TPSA) is 9.23 Å². The Morgan fingerprint density at radius 1 is 0.944 bits per heavy atom. The van der Waals surface area contributed by atoms with Crippen molar-refractivity contribution in [3.8, 4) is 5.75 Å². The van der Waals surface area contributed by atoms with Crippen LogP contribution in [0.25, 0.3) is 0 Å². The Balaban J connectivity index is 2.08. The number of rotatable bonds is 3. The molecule has 0 aliphatic heterocycles. The van der Waals surface area contributed by atoms with Gasteiger partial charge >= 0.3 is 0 Å². The van der Waals surface area contributed by atoms with Crippen molar-refractivity contribution in [2.24, 2.45) is 0 Å². The first-order chi connectivity index (χ1) is 8.56. The van der Waals surface area contributed by atoms with Gasteiger partial charge in [0.05, 0.1) is 0 Å². The third-order valence-corrected chi connectivity index (χ3v) is 2.47. The highest BCUT2D eigenvalue weighted by atomic mass is 19.2. The van der Waals surface area contributed by atoms with Crippen LogP contribution in [0, 0.1) is 24.4 Å². The van der Waals surface area contributed by atoms with Crippen molar-refractivity contribution in [2.75, 3.05) is 0 Å². The van der Waals surface area contributed by atoms with Crippen LogP contribution in [0.5, 0.6) is 5.75 Å². The molecule has 0 atom stereocenters. The third kappa shape index (κ3) is 2.83. The van der Waals surface area contributed by atoms with Crippen LogP contribution in [0.4, 0.5) is 13.2 Å². The molecular formula is C14H11F3O. The molecule has 0 unspecified atom stereocenters. The fraction of sp³-hybridized carbons (Fsp3) is 0.143. The molecule has 18 heavy (non-hydrogen) atoms. The van der Waals surface area contributed by atoms with Gasteiger partial charge in [0, 0.05) is 0 Å². The van der Waals surface area contributed by atoms with Crippen molar-refractivity contribution in [2.45, 2.75) is 13.5 Å². The van der Waals surface area contributed by atoms with E-state index in [9.17, 15) is 13.2 Å². The van der Waals surface area contributed by atoms with E-state index in [4.69, 9.17) is 4.74 Å². The summed E-state index contributed by atoms with van der Waals surface area (Å²) in [7, 11) is 0. The number of hydrogen-bond acceptors (Lipinski definition) is 1. The third-order valence-electron chi connectivity index (χ3n) is 2.47. The normalized spacial score (nSPS) is 10.4. The molecule has 0 N–H and O–H groups in total. The standard InChI is InChI=1S/C14H11F3O/c1-9-2-4-11(5-3-9)18-8-10-6-12(15)14(17)13(16)7-10/h2-7H,8H2,1H3. The minimum absolute atomic E-state index is 0.0167. The predicted molar refractivity (Wildman–Crippen MR) is 61.8 cm³/mol. The highest BCUT2D eigenvalue weighted by Crippen LogP contribution is 2.17. The number of halogens is 3. The summed E-state index contributed by atoms with van der Waals surface area (Å²) in [4.78, 5) is 0. The molecule has 0 bridgehead atoms. The average Bonchev–Trinajstić information content (AvgIpc) is 2.35. The summed E-state index contributed by atoms with van der Waals surface area (Å²) in [5, 5.41) is 0. The van der Waals surface area contributed by atoms with Gasteiger partial charge in [-0.1, -0.05) is 17.7 Å². The summed E-state index contributed by atoms with van der Waals surface area (Å²) >= 11 is 0. The number of hydrogen-bond donors (Lipinski definition) is 0. The van der Waals surface area contributed by atoms with Crippen LogP contribution in [0.1, 0.15) is 11.1 Å². The van der Waals surface area contributed by atoms with E-state index in [0.29, 0.717) is 5.75 Å². The van der Waals surface area contributed by atoms with E-state index in [2.05, 4.69) is 0 Å². The lowest BCUT2D eigenvalue weighted by Gasteiger charge is -2.07. The minimum Gasteiger partial charge on any atom is -0.489 e. The summed E-state index contributed by atoms with van der Waals surface area (Å²) < 4.78 is 44.0. The second-order valence-electron chi connectivity index (χ2n) is 3.98. The molecule has 4 heteroatoms. The zero-order valence-corrected chi connectivity index (χ0v) is 9.71. The van der Waals surface area contributed by atoms with Gasteiger partial charge in [-0.2, -0.15) is 0 Å². The second kappa shape index (κ2) is 5.12. The molecule has 0 radical (unpaired) electrons. The van der Waals surface area contributed by atoms with Crippen LogP contribution < -0.4 is 4.74 Å². The van der Waals surface area contributed by atoms with E-state index in [-0.39, 0.29) is 12.2 Å². The van der Waals surface area contributed by atoms with Crippen LogP contribution in [0.2, 0.25) is 0 Å². The first kappa shape index (κ1) is 12.5. The number of aryl methyl sites for hydroxylation is 1. The molecule has 2 aromatic rings. The van der Waals surface area contributed by atoms with E-state index >= 15 is 0 Å². The molecule has 2 aromatic carbocycles. The van der Waals surface area contributed by atoms with Crippen molar-refractivity contribution in [3.63, 3.8) is 0 Å². The van der Waals surface area contributed by atoms with E-state index in [0.717, 1.165) is 17.7 Å². The molecule has 0 saturated heterocycles. The Hall–Kier alpha value is -1.97. The molecule has 0 aliphatic rings. The maximum absolute atomic E-state index is 12.9. The quantitative estimate of drug-likeness (QED) is 0.750. The first-order valence-corrected chi connectivity index (χ1v) is 5.39. The molecule has 0 aromatic heterocycles. The minimum atomic E-state index is -1.46. The molecule has 2 rings (SSSR count). The zero-order chi connectivity index (χ0) is 13.1. The molecule has 0 fully saturated rings. The molecule has 94 valence electrons. The predicted octanol–water partition coefficient (Wildman–Crippen LogP) is 3.99. The summed E-state index contributed by atoms with van der Waals surface area (Å²) in [5.41, 5.74) is 1.33. The van der Waals surface area contributed by atoms with E-state index in [1.54, 1.807) is 12.1 Å². The summed E-state index contributed by atoms with van der Waals surface area (Å²) in [6.07, 6.45) is 0. The van der Waals surface area contributed by atoms with Crippen molar-refractivity contribution < 1.29 is 17.9 Å². The van der Waals surface area contributed by atoms with E-state index in [1.807, 2.05) is 19.1 Å². The van der Waals surface area contributed by atoms with Crippen LogP contribution in [0.15, 0.2) is 36.4 Å². The zero-order valence-electron chi connectivity index (χ0n) is 9.71. The van der Waals surface area contributed by atoms with Gasteiger partial charge in [-0.15, -0.1) is 0 Å². The Bertz CT molecular complexity index is 526. The van der Waals surface area contributed by atoms with Crippen LogP contribution in [0.3, 0.4) is 0 Å². The molecule has 0 spiro atoms. The highest BCUT2D eigenvalue weighted by molar-refractivity contribution is 5.27. The van der Waals surface area contributed by atoms with Crippen LogP contribution >= 0.6 is 0 Å². The van der Waals surface area contributed by atoms with Gasteiger partial charge < -0.3 is 4.74 Å². The molecule has 1 nitrogen and oxygen atoms in total. The largest absolute Gasteiger partial charge is 0.489 e. The lowest BCUT2D eigenvalue weighted by molar-refractivity contribution is 0.303. The molecule has 0 aliphatic carbocycles. The molecule has 0 amide bonds. The van der Waals surface area contributed by atoms with Crippen molar-refractivity contribution in [1.29, 1.82) is 0 Å². The summed E-state index contributed by atoms with van der Waals surface area (Å²) in [6.45, 7) is 1.92. The monoisotopic (exact) mass is 252 g/mol. The van der Waals surface area contributed by atoms with Crippen molar-refractivity contribution in [1.82, 2.24) is 0 Å². The maximum atomic E-state index is 12.9. The highest BCUT2D eigenvalue weighted by Gasteiger charge is 2.10. The Labute approximate surface area is 103 Å². The maximum Gasteiger partial charge on any atom is 0.194 e. The summed E-state index contributed by atoms with van der Waals surface area (Å²) in [6, 6.07) is 9.08. The van der Waals surface area contributed by atoms with E-state index in [1.165, 1.54) is 0 Å². The Morgan fingerprint density at radius 3 is 2.06 bits per heavy atom. The van der Waals surface area contributed by atoms with Gasteiger partial charge in [-0.05, 0) is 36.8 Å². The van der Waals surface area contributed by atoms with Crippen LogP contribution in [-0.2, 0) is 6.61 Å². The van der Waals surface area contributed by atoms with E-state index < -0.39 is 17.5 Å². The smallest absolute Gasteiger partial charge is 0.194 e. The SMILES string of the molecule is Cc1ccc(OCc2cc(F)c(F)c(F)c2)cc1. The van der Waals surface area contributed by atoms with Gasteiger partial charge in [-0.3, -0.25) is 0 Å². The van der Waals surface area contributed by atoms with Crippen LogP contribution in [-0.4, -0.2) is 0 Å². The van der Waals surface area contributed by atoms with Crippen molar-refractivity contribution >= 4 is 0 Å². The number of ether oxygens (including phenoxy) is 1. The lowest BCUT2D eigenvalue weighted by atomic mass is 10.2. The first-order valence-electron chi connectivity index (χ1n) is 5.39. The van der Waals surface area contributed by atoms with Gasteiger partial charge in [0.2, 0.25) is 0 Å². The second-order valence-corrected chi connectivity index (χ2v) is 3.98. The fourth-order valence-corrected chi connectivity index (χ4v) is 1.49. The van der Waals surface area contributed by atoms with Crippen molar-refractivity contribution in [3.05, 3.63) is 65.0 Å². The fourth-order valence-electron chi connectivity index (χ4n) is 1.49. The Morgan fingerprint density at radius 2 is 1.50 bits per heavy atom. The molecular weight excluding hydrogens is 241 g/mol. The summed E-state index contributed by atoms with van der Waals surface area (Å²) in [5.74, 6) is -3.30. The molecule has 0 saturated carbocycles. The number of benzene rings is 2. The van der Waals surface area contributed by atoms with Gasteiger partial charge in [0.25, 0.3) is 0 Å². The van der Waals surface area contributed by atoms with Gasteiger partial charge in [0.15, 0.2) is 17.5 Å². The molecule has 0 heterocycles.